The Hall–Kier alpha value is -2.01. The molecule has 0 radical (unpaired) electrons. The Labute approximate surface area is 151 Å². The molecule has 0 spiro atoms. The van der Waals surface area contributed by atoms with E-state index in [1.54, 1.807) is 25.3 Å². The van der Waals surface area contributed by atoms with Gasteiger partial charge in [0, 0.05) is 16.1 Å². The van der Waals surface area contributed by atoms with Gasteiger partial charge in [-0.1, -0.05) is 28.1 Å². The second-order valence-electron chi connectivity index (χ2n) is 5.50. The highest BCUT2D eigenvalue weighted by Gasteiger charge is 2.13. The smallest absolute Gasteiger partial charge is 0.251 e. The minimum atomic E-state index is -0.122. The van der Waals surface area contributed by atoms with E-state index in [1.165, 1.54) is 5.56 Å². The van der Waals surface area contributed by atoms with Crippen molar-refractivity contribution in [2.75, 3.05) is 13.7 Å². The number of carbonyl (C=O) groups excluding carboxylic acids is 1. The van der Waals surface area contributed by atoms with Crippen LogP contribution in [0.1, 0.15) is 29.8 Å². The number of hydrogen-bond acceptors (Lipinski definition) is 3. The molecule has 1 N–H and O–H groups in total. The highest BCUT2D eigenvalue weighted by Crippen LogP contribution is 2.28. The van der Waals surface area contributed by atoms with E-state index < -0.39 is 0 Å². The molecule has 24 heavy (non-hydrogen) atoms. The number of ether oxygens (including phenoxy) is 2. The van der Waals surface area contributed by atoms with Gasteiger partial charge in [-0.15, -0.1) is 0 Å². The van der Waals surface area contributed by atoms with Crippen molar-refractivity contribution in [2.45, 2.75) is 26.3 Å². The van der Waals surface area contributed by atoms with Crippen LogP contribution < -0.4 is 14.8 Å². The monoisotopic (exact) mass is 391 g/mol. The average molecular weight is 392 g/mol. The molecule has 0 heterocycles. The third-order valence-electron chi connectivity index (χ3n) is 3.56. The summed E-state index contributed by atoms with van der Waals surface area (Å²) in [4.78, 5) is 12.4. The molecule has 2 aromatic carbocycles. The lowest BCUT2D eigenvalue weighted by Crippen LogP contribution is -2.34. The van der Waals surface area contributed by atoms with Crippen LogP contribution in [-0.4, -0.2) is 25.7 Å². The second-order valence-corrected chi connectivity index (χ2v) is 6.42. The number of methoxy groups -OCH3 is 1. The molecule has 1 atom stereocenters. The lowest BCUT2D eigenvalue weighted by Gasteiger charge is -2.15. The predicted octanol–water partition coefficient (Wildman–Crippen LogP) is 4.22. The zero-order valence-corrected chi connectivity index (χ0v) is 15.7. The molecule has 0 saturated carbocycles. The van der Waals surface area contributed by atoms with Gasteiger partial charge < -0.3 is 14.8 Å². The van der Waals surface area contributed by atoms with E-state index in [4.69, 9.17) is 9.47 Å². The number of nitrogens with one attached hydrogen (secondary N) is 1. The fraction of sp³-hybridized carbons (Fsp3) is 0.316. The Morgan fingerprint density at radius 3 is 2.50 bits per heavy atom. The molecule has 0 aliphatic heterocycles. The molecule has 0 saturated heterocycles. The molecule has 2 aromatic rings. The summed E-state index contributed by atoms with van der Waals surface area (Å²) in [5, 5.41) is 3.02. The van der Waals surface area contributed by atoms with Crippen molar-refractivity contribution in [3.05, 3.63) is 58.1 Å². The van der Waals surface area contributed by atoms with Gasteiger partial charge in [-0.3, -0.25) is 4.79 Å². The summed E-state index contributed by atoms with van der Waals surface area (Å²) >= 11 is 3.42. The van der Waals surface area contributed by atoms with Crippen LogP contribution >= 0.6 is 15.9 Å². The lowest BCUT2D eigenvalue weighted by molar-refractivity contribution is 0.0939. The third-order valence-corrected chi connectivity index (χ3v) is 4.09. The number of hydrogen-bond donors (Lipinski definition) is 1. The van der Waals surface area contributed by atoms with E-state index in [-0.39, 0.29) is 11.9 Å². The van der Waals surface area contributed by atoms with Gasteiger partial charge in [-0.05, 0) is 56.2 Å². The number of rotatable bonds is 7. The van der Waals surface area contributed by atoms with E-state index >= 15 is 0 Å². The summed E-state index contributed by atoms with van der Waals surface area (Å²) in [5.41, 5.74) is 1.73. The van der Waals surface area contributed by atoms with Gasteiger partial charge in [0.05, 0.1) is 13.7 Å². The predicted molar refractivity (Wildman–Crippen MR) is 98.9 cm³/mol. The fourth-order valence-electron chi connectivity index (χ4n) is 2.42. The molecule has 2 rings (SSSR count). The minimum absolute atomic E-state index is 0.0244. The molecular formula is C19H22BrNO3. The molecule has 1 unspecified atom stereocenters. The van der Waals surface area contributed by atoms with Crippen LogP contribution in [0.3, 0.4) is 0 Å². The Morgan fingerprint density at radius 2 is 1.88 bits per heavy atom. The maximum Gasteiger partial charge on any atom is 0.251 e. The number of carbonyl (C=O) groups is 1. The molecule has 0 fully saturated rings. The van der Waals surface area contributed by atoms with Crippen molar-refractivity contribution < 1.29 is 14.3 Å². The van der Waals surface area contributed by atoms with Gasteiger partial charge in [0.2, 0.25) is 0 Å². The Bertz CT molecular complexity index is 686. The van der Waals surface area contributed by atoms with Crippen LogP contribution in [-0.2, 0) is 6.42 Å². The first-order valence-electron chi connectivity index (χ1n) is 7.89. The van der Waals surface area contributed by atoms with Gasteiger partial charge in [0.15, 0.2) is 11.5 Å². The molecular weight excluding hydrogens is 370 g/mol. The fourth-order valence-corrected chi connectivity index (χ4v) is 2.68. The molecule has 0 aliphatic carbocycles. The Balaban J connectivity index is 2.03. The van der Waals surface area contributed by atoms with E-state index in [0.29, 0.717) is 23.7 Å². The highest BCUT2D eigenvalue weighted by atomic mass is 79.9. The number of halogens is 1. The van der Waals surface area contributed by atoms with Crippen LogP contribution in [0, 0.1) is 0 Å². The van der Waals surface area contributed by atoms with E-state index in [9.17, 15) is 4.79 Å². The summed E-state index contributed by atoms with van der Waals surface area (Å²) in [5.74, 6) is 1.08. The molecule has 4 nitrogen and oxygen atoms in total. The average Bonchev–Trinajstić information content (AvgIpc) is 2.57. The molecule has 0 aliphatic rings. The standard InChI is InChI=1S/C19H22BrNO3/c1-4-24-18-12-15(7-10-17(18)23-3)19(22)21-13(2)11-14-5-8-16(20)9-6-14/h5-10,12-13H,4,11H2,1-3H3,(H,21,22). The first kappa shape index (κ1) is 18.3. The van der Waals surface area contributed by atoms with Crippen molar-refractivity contribution in [3.8, 4) is 11.5 Å². The summed E-state index contributed by atoms with van der Waals surface area (Å²) in [6.07, 6.45) is 0.771. The third kappa shape index (κ3) is 4.99. The topological polar surface area (TPSA) is 47.6 Å². The zero-order valence-electron chi connectivity index (χ0n) is 14.1. The van der Waals surface area contributed by atoms with Crippen molar-refractivity contribution in [1.29, 1.82) is 0 Å². The molecule has 128 valence electrons. The molecule has 0 aromatic heterocycles. The summed E-state index contributed by atoms with van der Waals surface area (Å²) in [6, 6.07) is 13.3. The number of benzene rings is 2. The van der Waals surface area contributed by atoms with Crippen LogP contribution in [0.5, 0.6) is 11.5 Å². The largest absolute Gasteiger partial charge is 0.493 e. The second kappa shape index (κ2) is 8.73. The summed E-state index contributed by atoms with van der Waals surface area (Å²) < 4.78 is 11.8. The summed E-state index contributed by atoms with van der Waals surface area (Å²) in [7, 11) is 1.58. The first-order valence-corrected chi connectivity index (χ1v) is 8.69. The Kier molecular flexibility index (Phi) is 6.67. The maximum absolute atomic E-state index is 12.4. The SMILES string of the molecule is CCOc1cc(C(=O)NC(C)Cc2ccc(Br)cc2)ccc1OC. The maximum atomic E-state index is 12.4. The number of amides is 1. The van der Waals surface area contributed by atoms with E-state index in [1.807, 2.05) is 38.1 Å². The van der Waals surface area contributed by atoms with Crippen molar-refractivity contribution in [3.63, 3.8) is 0 Å². The van der Waals surface area contributed by atoms with Crippen LogP contribution in [0.15, 0.2) is 46.9 Å². The molecule has 5 heteroatoms. The Morgan fingerprint density at radius 1 is 1.17 bits per heavy atom. The van der Waals surface area contributed by atoms with Gasteiger partial charge in [-0.2, -0.15) is 0 Å². The zero-order chi connectivity index (χ0) is 17.5. The lowest BCUT2D eigenvalue weighted by atomic mass is 10.1. The normalized spacial score (nSPS) is 11.7. The minimum Gasteiger partial charge on any atom is -0.493 e. The van der Waals surface area contributed by atoms with Crippen molar-refractivity contribution in [1.82, 2.24) is 5.32 Å². The van der Waals surface area contributed by atoms with Crippen LogP contribution in [0.4, 0.5) is 0 Å². The van der Waals surface area contributed by atoms with Crippen molar-refractivity contribution in [2.24, 2.45) is 0 Å². The van der Waals surface area contributed by atoms with E-state index in [0.717, 1.165) is 10.9 Å². The highest BCUT2D eigenvalue weighted by molar-refractivity contribution is 9.10. The van der Waals surface area contributed by atoms with Gasteiger partial charge >= 0.3 is 0 Å². The van der Waals surface area contributed by atoms with Crippen molar-refractivity contribution >= 4 is 21.8 Å². The first-order chi connectivity index (χ1) is 11.5. The van der Waals surface area contributed by atoms with E-state index in [2.05, 4.69) is 21.2 Å². The quantitative estimate of drug-likeness (QED) is 0.768. The van der Waals surface area contributed by atoms with Gasteiger partial charge in [0.25, 0.3) is 5.91 Å². The van der Waals surface area contributed by atoms with Crippen LogP contribution in [0.2, 0.25) is 0 Å². The van der Waals surface area contributed by atoms with Crippen LogP contribution in [0.25, 0.3) is 0 Å². The summed E-state index contributed by atoms with van der Waals surface area (Å²) in [6.45, 7) is 4.40. The molecule has 0 bridgehead atoms. The van der Waals surface area contributed by atoms with Gasteiger partial charge in [0.1, 0.15) is 0 Å². The van der Waals surface area contributed by atoms with Gasteiger partial charge in [-0.25, -0.2) is 0 Å². The molecule has 1 amide bonds.